The Morgan fingerprint density at radius 3 is 2.13 bits per heavy atom. The summed E-state index contributed by atoms with van der Waals surface area (Å²) in [6, 6.07) is 7.05. The van der Waals surface area contributed by atoms with E-state index in [1.54, 1.807) is 12.1 Å². The molecule has 1 heterocycles. The molecule has 1 aromatic heterocycles. The Morgan fingerprint density at radius 1 is 1.07 bits per heavy atom. The average molecular weight is 196 g/mol. The van der Waals surface area contributed by atoms with Crippen LogP contribution in [-0.4, -0.2) is 38.4 Å². The highest BCUT2D eigenvalue weighted by molar-refractivity contribution is 6.56. The second kappa shape index (κ2) is 3.53. The summed E-state index contributed by atoms with van der Waals surface area (Å²) in [4.78, 5) is 0. The van der Waals surface area contributed by atoms with E-state index in [1.165, 1.54) is 5.46 Å². The zero-order chi connectivity index (χ0) is 11.0. The van der Waals surface area contributed by atoms with E-state index in [4.69, 9.17) is 0 Å². The molecule has 0 fully saturated rings. The lowest BCUT2D eigenvalue weighted by Crippen LogP contribution is -2.35. The van der Waals surface area contributed by atoms with Crippen LogP contribution in [0.25, 0.3) is 5.69 Å². The average Bonchev–Trinajstić information content (AvgIpc) is 2.47. The number of phenols is 1. The van der Waals surface area contributed by atoms with E-state index in [2.05, 4.69) is 12.9 Å². The molecular formula is C9H11B3N2O. The van der Waals surface area contributed by atoms with Gasteiger partial charge in [0.25, 0.3) is 0 Å². The predicted molar refractivity (Wildman–Crippen MR) is 69.8 cm³/mol. The fourth-order valence-corrected chi connectivity index (χ4v) is 1.57. The lowest BCUT2D eigenvalue weighted by atomic mass is 9.80. The fourth-order valence-electron chi connectivity index (χ4n) is 1.57. The van der Waals surface area contributed by atoms with Crippen molar-refractivity contribution in [3.8, 4) is 11.4 Å². The number of hydrogen-bond acceptors (Lipinski definition) is 2. The van der Waals surface area contributed by atoms with Gasteiger partial charge in [-0.15, -0.1) is 0 Å². The Hall–Kier alpha value is -1.58. The first-order valence-corrected chi connectivity index (χ1v) is 4.92. The van der Waals surface area contributed by atoms with Crippen molar-refractivity contribution in [1.82, 2.24) is 9.78 Å². The maximum Gasteiger partial charge on any atom is 0.165 e. The van der Waals surface area contributed by atoms with Crippen LogP contribution < -0.4 is 16.6 Å². The molecule has 0 aliphatic rings. The van der Waals surface area contributed by atoms with Gasteiger partial charge in [-0.05, 0) is 29.9 Å². The lowest BCUT2D eigenvalue weighted by molar-refractivity contribution is 0.475. The molecule has 0 spiro atoms. The first kappa shape index (κ1) is 9.96. The number of aromatic nitrogens is 2. The summed E-state index contributed by atoms with van der Waals surface area (Å²) < 4.78 is 1.89. The minimum Gasteiger partial charge on any atom is -0.508 e. The van der Waals surface area contributed by atoms with E-state index in [-0.39, 0.29) is 5.75 Å². The summed E-state index contributed by atoms with van der Waals surface area (Å²) in [5, 5.41) is 13.6. The molecule has 2 rings (SSSR count). The van der Waals surface area contributed by atoms with Crippen molar-refractivity contribution in [1.29, 1.82) is 0 Å². The van der Waals surface area contributed by atoms with Crippen molar-refractivity contribution in [3.05, 3.63) is 24.3 Å². The Bertz CT molecular complexity index is 493. The van der Waals surface area contributed by atoms with Crippen LogP contribution in [0.2, 0.25) is 0 Å². The van der Waals surface area contributed by atoms with Crippen LogP contribution in [-0.2, 0) is 0 Å². The molecule has 0 aliphatic heterocycles. The van der Waals surface area contributed by atoms with Gasteiger partial charge in [0.2, 0.25) is 0 Å². The molecule has 0 radical (unpaired) electrons. The molecular weight excluding hydrogens is 185 g/mol. The number of nitrogens with zero attached hydrogens (tertiary/aromatic N) is 2. The topological polar surface area (TPSA) is 38.0 Å². The third-order valence-electron chi connectivity index (χ3n) is 2.75. The number of aromatic hydroxyl groups is 1. The summed E-state index contributed by atoms with van der Waals surface area (Å²) >= 11 is 0. The second-order valence-corrected chi connectivity index (χ2v) is 3.72. The minimum atomic E-state index is 0.275. The standard InChI is InChI=1S/C9H11B3N2O/c10-7-8(11)13-14(9(7)12)5-1-3-6(15)4-2-5/h1-4,15H,10-12H2. The van der Waals surface area contributed by atoms with Gasteiger partial charge in [0.1, 0.15) is 13.6 Å². The third kappa shape index (κ3) is 1.67. The highest BCUT2D eigenvalue weighted by atomic mass is 16.3. The first-order valence-electron chi connectivity index (χ1n) is 4.92. The fraction of sp³-hybridized carbons (Fsp3) is 0. The van der Waals surface area contributed by atoms with Gasteiger partial charge in [-0.1, -0.05) is 5.46 Å². The summed E-state index contributed by atoms with van der Waals surface area (Å²) in [7, 11) is 6.11. The number of benzene rings is 1. The van der Waals surface area contributed by atoms with Crippen molar-refractivity contribution in [2.75, 3.05) is 0 Å². The van der Waals surface area contributed by atoms with Gasteiger partial charge in [-0.25, -0.2) is 4.68 Å². The highest BCUT2D eigenvalue weighted by Gasteiger charge is 2.07. The van der Waals surface area contributed by atoms with E-state index in [1.807, 2.05) is 32.5 Å². The molecule has 3 nitrogen and oxygen atoms in total. The second-order valence-electron chi connectivity index (χ2n) is 3.72. The van der Waals surface area contributed by atoms with Gasteiger partial charge in [-0.2, -0.15) is 5.10 Å². The molecule has 1 N–H and O–H groups in total. The number of rotatable bonds is 1. The van der Waals surface area contributed by atoms with Crippen LogP contribution in [0, 0.1) is 0 Å². The molecule has 1 aromatic carbocycles. The van der Waals surface area contributed by atoms with Gasteiger partial charge in [-0.3, -0.25) is 0 Å². The lowest BCUT2D eigenvalue weighted by Gasteiger charge is -2.04. The normalized spacial score (nSPS) is 10.4. The van der Waals surface area contributed by atoms with E-state index in [0.29, 0.717) is 0 Å². The van der Waals surface area contributed by atoms with Crippen LogP contribution in [0.4, 0.5) is 0 Å². The van der Waals surface area contributed by atoms with Gasteiger partial charge < -0.3 is 5.11 Å². The summed E-state index contributed by atoms with van der Waals surface area (Å²) in [5.74, 6) is 0.275. The molecule has 0 aliphatic carbocycles. The first-order chi connectivity index (χ1) is 7.09. The van der Waals surface area contributed by atoms with Crippen molar-refractivity contribution in [2.45, 2.75) is 0 Å². The van der Waals surface area contributed by atoms with Crippen LogP contribution in [0.15, 0.2) is 24.3 Å². The minimum absolute atomic E-state index is 0.275. The Balaban J connectivity index is 2.54. The maximum atomic E-state index is 9.20. The SMILES string of the molecule is Bc1nn(-c2ccc(O)cc2)c(B)c1B. The molecule has 2 aromatic rings. The molecule has 15 heavy (non-hydrogen) atoms. The van der Waals surface area contributed by atoms with E-state index in [9.17, 15) is 5.11 Å². The van der Waals surface area contributed by atoms with Crippen molar-refractivity contribution in [2.24, 2.45) is 0 Å². The van der Waals surface area contributed by atoms with E-state index < -0.39 is 0 Å². The van der Waals surface area contributed by atoms with E-state index >= 15 is 0 Å². The van der Waals surface area contributed by atoms with Gasteiger partial charge >= 0.3 is 0 Å². The molecule has 72 valence electrons. The monoisotopic (exact) mass is 196 g/mol. The smallest absolute Gasteiger partial charge is 0.165 e. The van der Waals surface area contributed by atoms with Gasteiger partial charge in [0, 0.05) is 5.59 Å². The quantitative estimate of drug-likeness (QED) is 0.477. The molecule has 0 bridgehead atoms. The molecule has 6 heteroatoms. The maximum absolute atomic E-state index is 9.20. The summed E-state index contributed by atoms with van der Waals surface area (Å²) in [6.45, 7) is 0. The van der Waals surface area contributed by atoms with Crippen LogP contribution in [0.5, 0.6) is 5.75 Å². The van der Waals surface area contributed by atoms with Crippen molar-refractivity contribution < 1.29 is 5.11 Å². The van der Waals surface area contributed by atoms with E-state index in [0.717, 1.165) is 16.9 Å². The molecule has 0 atom stereocenters. The van der Waals surface area contributed by atoms with Crippen LogP contribution in [0.3, 0.4) is 0 Å². The summed E-state index contributed by atoms with van der Waals surface area (Å²) in [5.41, 5.74) is 4.36. The zero-order valence-corrected chi connectivity index (χ0v) is 9.15. The summed E-state index contributed by atoms with van der Waals surface area (Å²) in [6.07, 6.45) is 0. The Labute approximate surface area is 91.3 Å². The molecule has 0 saturated carbocycles. The van der Waals surface area contributed by atoms with Gasteiger partial charge in [0.15, 0.2) is 15.7 Å². The number of phenolic OH excluding ortho intramolecular Hbond substituents is 1. The Morgan fingerprint density at radius 2 is 1.67 bits per heavy atom. The van der Waals surface area contributed by atoms with Crippen molar-refractivity contribution >= 4 is 40.2 Å². The largest absolute Gasteiger partial charge is 0.508 e. The van der Waals surface area contributed by atoms with Gasteiger partial charge in [0.05, 0.1) is 5.69 Å². The molecule has 0 amide bonds. The van der Waals surface area contributed by atoms with Crippen LogP contribution >= 0.6 is 0 Å². The predicted octanol–water partition coefficient (Wildman–Crippen LogP) is -3.65. The zero-order valence-electron chi connectivity index (χ0n) is 9.15. The Kier molecular flexibility index (Phi) is 2.35. The highest BCUT2D eigenvalue weighted by Crippen LogP contribution is 2.11. The number of hydrogen-bond donors (Lipinski definition) is 1. The van der Waals surface area contributed by atoms with Crippen LogP contribution in [0.1, 0.15) is 0 Å². The van der Waals surface area contributed by atoms with Crippen molar-refractivity contribution in [3.63, 3.8) is 0 Å². The third-order valence-corrected chi connectivity index (χ3v) is 2.75. The molecule has 0 saturated heterocycles. The molecule has 0 unspecified atom stereocenters.